The summed E-state index contributed by atoms with van der Waals surface area (Å²) in [5.41, 5.74) is 0. The summed E-state index contributed by atoms with van der Waals surface area (Å²) in [6.07, 6.45) is 1.09. The van der Waals surface area contributed by atoms with E-state index in [1.54, 1.807) is 0 Å². The van der Waals surface area contributed by atoms with Gasteiger partial charge in [0.2, 0.25) is 0 Å². The minimum absolute atomic E-state index is 0.330. The summed E-state index contributed by atoms with van der Waals surface area (Å²) in [4.78, 5) is 11.6. The molecule has 0 radical (unpaired) electrons. The van der Waals surface area contributed by atoms with Crippen molar-refractivity contribution in [2.24, 2.45) is 0 Å². The number of nitrogens with zero attached hydrogens (tertiary/aromatic N) is 3. The fraction of sp³-hybridized carbons (Fsp3) is 0.750. The van der Waals surface area contributed by atoms with E-state index < -0.39 is 0 Å². The van der Waals surface area contributed by atoms with Gasteiger partial charge in [-0.25, -0.2) is 9.97 Å². The Labute approximate surface area is 129 Å². The monoisotopic (exact) mass is 293 g/mol. The van der Waals surface area contributed by atoms with Gasteiger partial charge in [0.25, 0.3) is 0 Å². The molecule has 1 aromatic rings. The van der Waals surface area contributed by atoms with E-state index in [1.807, 2.05) is 6.07 Å². The van der Waals surface area contributed by atoms with Crippen molar-refractivity contribution >= 4 is 11.6 Å². The lowest BCUT2D eigenvalue weighted by molar-refractivity contribution is 0.316. The zero-order chi connectivity index (χ0) is 15.7. The van der Waals surface area contributed by atoms with Gasteiger partial charge in [0.05, 0.1) is 0 Å². The second-order valence-corrected chi connectivity index (χ2v) is 5.53. The lowest BCUT2D eigenvalue weighted by atomic mass is 10.2. The minimum Gasteiger partial charge on any atom is -0.370 e. The van der Waals surface area contributed by atoms with Crippen LogP contribution < -0.4 is 10.6 Å². The molecule has 5 nitrogen and oxygen atoms in total. The van der Waals surface area contributed by atoms with Gasteiger partial charge < -0.3 is 15.5 Å². The highest BCUT2D eigenvalue weighted by molar-refractivity contribution is 5.47. The molecular weight excluding hydrogens is 262 g/mol. The van der Waals surface area contributed by atoms with E-state index in [9.17, 15) is 0 Å². The van der Waals surface area contributed by atoms with Gasteiger partial charge in [0, 0.05) is 31.6 Å². The normalized spacial score (nSPS) is 11.2. The molecule has 0 aliphatic carbocycles. The molecule has 2 N–H and O–H groups in total. The molecule has 0 aromatic carbocycles. The Morgan fingerprint density at radius 2 is 1.57 bits per heavy atom. The number of hydrogen-bond donors (Lipinski definition) is 2. The molecule has 0 bridgehead atoms. The van der Waals surface area contributed by atoms with E-state index >= 15 is 0 Å². The SMILES string of the molecule is CCCNc1cc(NCCN(CC)CC)nc(C(C)C)n1. The summed E-state index contributed by atoms with van der Waals surface area (Å²) in [5.74, 6) is 3.05. The second kappa shape index (κ2) is 9.55. The molecule has 0 fully saturated rings. The summed E-state index contributed by atoms with van der Waals surface area (Å²) >= 11 is 0. The van der Waals surface area contributed by atoms with Gasteiger partial charge in [-0.1, -0.05) is 34.6 Å². The summed E-state index contributed by atoms with van der Waals surface area (Å²) in [5, 5.41) is 6.77. The predicted octanol–water partition coefficient (Wildman–Crippen LogP) is 3.18. The molecule has 0 atom stereocenters. The van der Waals surface area contributed by atoms with Gasteiger partial charge in [0.1, 0.15) is 17.5 Å². The number of anilines is 2. The quantitative estimate of drug-likeness (QED) is 0.694. The molecule has 1 aromatic heterocycles. The molecule has 1 heterocycles. The standard InChI is InChI=1S/C16H31N5/c1-6-9-17-14-12-15(20-16(19-14)13(4)5)18-10-11-21(7-2)8-3/h12-13H,6-11H2,1-5H3,(H2,17,18,19,20). The first-order chi connectivity index (χ1) is 10.1. The largest absolute Gasteiger partial charge is 0.370 e. The molecule has 0 saturated heterocycles. The summed E-state index contributed by atoms with van der Waals surface area (Å²) in [7, 11) is 0. The Morgan fingerprint density at radius 3 is 2.05 bits per heavy atom. The van der Waals surface area contributed by atoms with Crippen molar-refractivity contribution < 1.29 is 0 Å². The van der Waals surface area contributed by atoms with E-state index in [-0.39, 0.29) is 0 Å². The van der Waals surface area contributed by atoms with Crippen LogP contribution in [0.25, 0.3) is 0 Å². The zero-order valence-electron chi connectivity index (χ0n) is 14.2. The van der Waals surface area contributed by atoms with E-state index in [0.29, 0.717) is 5.92 Å². The fourth-order valence-corrected chi connectivity index (χ4v) is 2.04. The van der Waals surface area contributed by atoms with E-state index in [2.05, 4.69) is 60.1 Å². The molecule has 0 saturated carbocycles. The number of hydrogen-bond acceptors (Lipinski definition) is 5. The van der Waals surface area contributed by atoms with Gasteiger partial charge in [-0.05, 0) is 19.5 Å². The lowest BCUT2D eigenvalue weighted by Gasteiger charge is -2.18. The van der Waals surface area contributed by atoms with Crippen molar-refractivity contribution in [1.82, 2.24) is 14.9 Å². The van der Waals surface area contributed by atoms with E-state index in [4.69, 9.17) is 0 Å². The van der Waals surface area contributed by atoms with Gasteiger partial charge >= 0.3 is 0 Å². The first-order valence-electron chi connectivity index (χ1n) is 8.19. The molecule has 0 amide bonds. The third kappa shape index (κ3) is 6.29. The van der Waals surface area contributed by atoms with Crippen LogP contribution >= 0.6 is 0 Å². The maximum absolute atomic E-state index is 4.61. The van der Waals surface area contributed by atoms with Crippen LogP contribution in [0.15, 0.2) is 6.07 Å². The Balaban J connectivity index is 2.68. The molecule has 0 aliphatic heterocycles. The van der Waals surface area contributed by atoms with Gasteiger partial charge in [-0.2, -0.15) is 0 Å². The third-order valence-electron chi connectivity index (χ3n) is 3.44. The average molecular weight is 293 g/mol. The Morgan fingerprint density at radius 1 is 1.00 bits per heavy atom. The Hall–Kier alpha value is -1.36. The fourth-order valence-electron chi connectivity index (χ4n) is 2.04. The van der Waals surface area contributed by atoms with Crippen LogP contribution in [0.2, 0.25) is 0 Å². The van der Waals surface area contributed by atoms with Crippen LogP contribution in [0.4, 0.5) is 11.6 Å². The Bertz CT molecular complexity index is 402. The first kappa shape index (κ1) is 17.7. The zero-order valence-corrected chi connectivity index (χ0v) is 14.2. The van der Waals surface area contributed by atoms with Crippen LogP contribution in [0, 0.1) is 0 Å². The maximum Gasteiger partial charge on any atom is 0.135 e. The highest BCUT2D eigenvalue weighted by Gasteiger charge is 2.08. The van der Waals surface area contributed by atoms with Crippen molar-refractivity contribution in [3.8, 4) is 0 Å². The second-order valence-electron chi connectivity index (χ2n) is 5.53. The van der Waals surface area contributed by atoms with Gasteiger partial charge in [0.15, 0.2) is 0 Å². The topological polar surface area (TPSA) is 53.1 Å². The van der Waals surface area contributed by atoms with Crippen molar-refractivity contribution in [3.05, 3.63) is 11.9 Å². The summed E-state index contributed by atoms with van der Waals surface area (Å²) in [6.45, 7) is 15.8. The third-order valence-corrected chi connectivity index (χ3v) is 3.44. The molecule has 21 heavy (non-hydrogen) atoms. The van der Waals surface area contributed by atoms with Crippen molar-refractivity contribution in [1.29, 1.82) is 0 Å². The lowest BCUT2D eigenvalue weighted by Crippen LogP contribution is -2.28. The summed E-state index contributed by atoms with van der Waals surface area (Å²) < 4.78 is 0. The van der Waals surface area contributed by atoms with Crippen LogP contribution in [0.5, 0.6) is 0 Å². The van der Waals surface area contributed by atoms with E-state index in [0.717, 1.165) is 56.6 Å². The molecule has 1 rings (SSSR count). The van der Waals surface area contributed by atoms with Gasteiger partial charge in [-0.15, -0.1) is 0 Å². The molecular formula is C16H31N5. The minimum atomic E-state index is 0.330. The predicted molar refractivity (Wildman–Crippen MR) is 91.2 cm³/mol. The molecule has 0 aliphatic rings. The highest BCUT2D eigenvalue weighted by Crippen LogP contribution is 2.16. The number of likely N-dealkylation sites (N-methyl/N-ethyl adjacent to an activating group) is 1. The van der Waals surface area contributed by atoms with Crippen molar-refractivity contribution in [2.75, 3.05) is 43.4 Å². The van der Waals surface area contributed by atoms with Crippen molar-refractivity contribution in [3.63, 3.8) is 0 Å². The van der Waals surface area contributed by atoms with Crippen LogP contribution in [-0.2, 0) is 0 Å². The van der Waals surface area contributed by atoms with Crippen LogP contribution in [0.3, 0.4) is 0 Å². The van der Waals surface area contributed by atoms with Crippen LogP contribution in [0.1, 0.15) is 52.8 Å². The van der Waals surface area contributed by atoms with Crippen LogP contribution in [-0.4, -0.2) is 47.6 Å². The van der Waals surface area contributed by atoms with Crippen molar-refractivity contribution in [2.45, 2.75) is 47.0 Å². The highest BCUT2D eigenvalue weighted by atomic mass is 15.1. The molecule has 120 valence electrons. The smallest absolute Gasteiger partial charge is 0.135 e. The average Bonchev–Trinajstić information content (AvgIpc) is 2.49. The first-order valence-corrected chi connectivity index (χ1v) is 8.19. The van der Waals surface area contributed by atoms with Gasteiger partial charge in [-0.3, -0.25) is 0 Å². The maximum atomic E-state index is 4.61. The number of aromatic nitrogens is 2. The molecule has 0 unspecified atom stereocenters. The van der Waals surface area contributed by atoms with E-state index in [1.165, 1.54) is 0 Å². The Kier molecular flexibility index (Phi) is 8.05. The molecule has 5 heteroatoms. The molecule has 0 spiro atoms. The number of rotatable bonds is 10. The summed E-state index contributed by atoms with van der Waals surface area (Å²) in [6, 6.07) is 2.00. The number of nitrogens with one attached hydrogen (secondary N) is 2.